The monoisotopic (exact) mass is 496 g/mol. The van der Waals surface area contributed by atoms with E-state index in [1.54, 1.807) is 24.4 Å². The van der Waals surface area contributed by atoms with Gasteiger partial charge in [-0.15, -0.1) is 0 Å². The molecule has 0 radical (unpaired) electrons. The number of anilines is 2. The maximum Gasteiger partial charge on any atom is 0.340 e. The SMILES string of the molecule is COC(=O)c1cc(-c2ccc(NC(=O)CCc3ccc(C)nc3)cn2)ccc1N(CC(F)F)C(C)=O. The van der Waals surface area contributed by atoms with Crippen molar-refractivity contribution in [2.45, 2.75) is 33.1 Å². The van der Waals surface area contributed by atoms with Crippen LogP contribution in [0.3, 0.4) is 0 Å². The van der Waals surface area contributed by atoms with E-state index in [4.69, 9.17) is 4.74 Å². The highest BCUT2D eigenvalue weighted by molar-refractivity contribution is 6.03. The summed E-state index contributed by atoms with van der Waals surface area (Å²) in [5.41, 5.74) is 3.32. The molecule has 2 heterocycles. The van der Waals surface area contributed by atoms with Gasteiger partial charge in [-0.25, -0.2) is 13.6 Å². The number of carbonyl (C=O) groups is 3. The van der Waals surface area contributed by atoms with Crippen LogP contribution < -0.4 is 10.2 Å². The van der Waals surface area contributed by atoms with Crippen LogP contribution in [0.25, 0.3) is 11.3 Å². The largest absolute Gasteiger partial charge is 0.465 e. The Kier molecular flexibility index (Phi) is 8.77. The topological polar surface area (TPSA) is 101 Å². The van der Waals surface area contributed by atoms with Crippen molar-refractivity contribution in [1.29, 1.82) is 0 Å². The van der Waals surface area contributed by atoms with E-state index in [1.165, 1.54) is 18.3 Å². The molecule has 2 amide bonds. The fourth-order valence-electron chi connectivity index (χ4n) is 3.50. The van der Waals surface area contributed by atoms with Crippen molar-refractivity contribution in [2.24, 2.45) is 0 Å². The lowest BCUT2D eigenvalue weighted by Gasteiger charge is -2.23. The molecule has 0 unspecified atom stereocenters. The average molecular weight is 497 g/mol. The van der Waals surface area contributed by atoms with Crippen LogP contribution in [-0.4, -0.2) is 47.8 Å². The van der Waals surface area contributed by atoms with Gasteiger partial charge in [0.25, 0.3) is 6.43 Å². The molecule has 0 atom stereocenters. The molecule has 0 aliphatic heterocycles. The van der Waals surface area contributed by atoms with Crippen molar-refractivity contribution in [1.82, 2.24) is 9.97 Å². The van der Waals surface area contributed by atoms with Crippen molar-refractivity contribution < 1.29 is 27.9 Å². The zero-order chi connectivity index (χ0) is 26.2. The number of ether oxygens (including phenoxy) is 1. The van der Waals surface area contributed by atoms with Crippen LogP contribution >= 0.6 is 0 Å². The predicted molar refractivity (Wildman–Crippen MR) is 131 cm³/mol. The van der Waals surface area contributed by atoms with Crippen LogP contribution in [-0.2, 0) is 20.7 Å². The van der Waals surface area contributed by atoms with Gasteiger partial charge in [0, 0.05) is 30.8 Å². The van der Waals surface area contributed by atoms with E-state index in [9.17, 15) is 23.2 Å². The van der Waals surface area contributed by atoms with Crippen LogP contribution in [0.5, 0.6) is 0 Å². The number of hydrogen-bond acceptors (Lipinski definition) is 6. The standard InChI is InChI=1S/C26H26F2N4O4/c1-16-4-5-18(13-29-16)6-11-25(34)31-20-8-9-22(30-14-20)19-7-10-23(21(12-19)26(35)36-3)32(17(2)33)15-24(27)28/h4-5,7-10,12-14,24H,6,11,15H2,1-3H3,(H,31,34). The molecule has 10 heteroatoms. The molecule has 3 rings (SSSR count). The Balaban J connectivity index is 1.75. The van der Waals surface area contributed by atoms with Gasteiger partial charge >= 0.3 is 5.97 Å². The molecule has 0 spiro atoms. The Hall–Kier alpha value is -4.21. The third-order valence-electron chi connectivity index (χ3n) is 5.35. The van der Waals surface area contributed by atoms with Gasteiger partial charge in [-0.3, -0.25) is 19.6 Å². The molecule has 36 heavy (non-hydrogen) atoms. The fraction of sp³-hybridized carbons (Fsp3) is 0.269. The minimum atomic E-state index is -2.78. The summed E-state index contributed by atoms with van der Waals surface area (Å²) in [6.45, 7) is 2.18. The molecule has 0 aliphatic rings. The van der Waals surface area contributed by atoms with Crippen LogP contribution in [0.2, 0.25) is 0 Å². The number of aryl methyl sites for hydroxylation is 2. The summed E-state index contributed by atoms with van der Waals surface area (Å²) >= 11 is 0. The molecule has 3 aromatic rings. The summed E-state index contributed by atoms with van der Waals surface area (Å²) in [5, 5.41) is 2.78. The zero-order valence-electron chi connectivity index (χ0n) is 20.1. The van der Waals surface area contributed by atoms with E-state index in [0.717, 1.165) is 30.2 Å². The number of hydrogen-bond donors (Lipinski definition) is 1. The number of methoxy groups -OCH3 is 1. The lowest BCUT2D eigenvalue weighted by molar-refractivity contribution is -0.117. The normalized spacial score (nSPS) is 10.7. The number of alkyl halides is 2. The Bertz CT molecular complexity index is 1230. The number of nitrogens with one attached hydrogen (secondary N) is 1. The number of rotatable bonds is 9. The summed E-state index contributed by atoms with van der Waals surface area (Å²) in [6, 6.07) is 11.5. The lowest BCUT2D eigenvalue weighted by atomic mass is 10.0. The van der Waals surface area contributed by atoms with Crippen LogP contribution in [0.1, 0.15) is 35.0 Å². The molecule has 188 valence electrons. The lowest BCUT2D eigenvalue weighted by Crippen LogP contribution is -2.34. The first kappa shape index (κ1) is 26.4. The van der Waals surface area contributed by atoms with E-state index >= 15 is 0 Å². The van der Waals surface area contributed by atoms with Gasteiger partial charge in [0.05, 0.1) is 42.5 Å². The summed E-state index contributed by atoms with van der Waals surface area (Å²) in [4.78, 5) is 46.0. The first-order chi connectivity index (χ1) is 17.2. The van der Waals surface area contributed by atoms with Gasteiger partial charge in [0.2, 0.25) is 11.8 Å². The number of carbonyl (C=O) groups excluding carboxylic acids is 3. The van der Waals surface area contributed by atoms with Gasteiger partial charge in [0.15, 0.2) is 0 Å². The Labute approximate surface area is 207 Å². The molecule has 8 nitrogen and oxygen atoms in total. The molecule has 2 aromatic heterocycles. The number of amides is 2. The van der Waals surface area contributed by atoms with E-state index in [1.807, 2.05) is 19.1 Å². The van der Waals surface area contributed by atoms with Crippen molar-refractivity contribution in [2.75, 3.05) is 23.9 Å². The molecule has 0 bridgehead atoms. The second-order valence-corrected chi connectivity index (χ2v) is 8.03. The first-order valence-electron chi connectivity index (χ1n) is 11.1. The van der Waals surface area contributed by atoms with E-state index in [-0.39, 0.29) is 23.6 Å². The Morgan fingerprint density at radius 3 is 2.42 bits per heavy atom. The van der Waals surface area contributed by atoms with Crippen LogP contribution in [0, 0.1) is 6.92 Å². The molecular formula is C26H26F2N4O4. The Morgan fingerprint density at radius 1 is 1.06 bits per heavy atom. The van der Waals surface area contributed by atoms with Gasteiger partial charge < -0.3 is 15.0 Å². The number of pyridine rings is 2. The second-order valence-electron chi connectivity index (χ2n) is 8.03. The van der Waals surface area contributed by atoms with E-state index in [2.05, 4.69) is 15.3 Å². The predicted octanol–water partition coefficient (Wildman–Crippen LogP) is 4.43. The molecule has 0 fully saturated rings. The van der Waals surface area contributed by atoms with Crippen molar-refractivity contribution in [3.63, 3.8) is 0 Å². The van der Waals surface area contributed by atoms with Crippen molar-refractivity contribution >= 4 is 29.2 Å². The summed E-state index contributed by atoms with van der Waals surface area (Å²) in [6.07, 6.45) is 1.27. The zero-order valence-corrected chi connectivity index (χ0v) is 20.1. The van der Waals surface area contributed by atoms with Crippen molar-refractivity contribution in [3.05, 3.63) is 71.7 Å². The van der Waals surface area contributed by atoms with Crippen LogP contribution in [0.15, 0.2) is 54.9 Å². The second kappa shape index (κ2) is 12.0. The van der Waals surface area contributed by atoms with Gasteiger partial charge in [0.1, 0.15) is 0 Å². The Morgan fingerprint density at radius 2 is 1.83 bits per heavy atom. The smallest absolute Gasteiger partial charge is 0.340 e. The molecule has 0 aliphatic carbocycles. The highest BCUT2D eigenvalue weighted by Gasteiger charge is 2.23. The number of aromatic nitrogens is 2. The number of esters is 1. The fourth-order valence-corrected chi connectivity index (χ4v) is 3.50. The molecule has 1 aromatic carbocycles. The van der Waals surface area contributed by atoms with Gasteiger partial charge in [-0.05, 0) is 49.2 Å². The molecule has 0 saturated heterocycles. The van der Waals surface area contributed by atoms with Gasteiger partial charge in [-0.2, -0.15) is 0 Å². The summed E-state index contributed by atoms with van der Waals surface area (Å²) in [5.74, 6) is -1.59. The maximum absolute atomic E-state index is 13.0. The number of halogens is 2. The highest BCUT2D eigenvalue weighted by Crippen LogP contribution is 2.29. The minimum absolute atomic E-state index is 0.0195. The molecular weight excluding hydrogens is 470 g/mol. The van der Waals surface area contributed by atoms with E-state index in [0.29, 0.717) is 23.4 Å². The third-order valence-corrected chi connectivity index (χ3v) is 5.35. The number of nitrogens with zero attached hydrogens (tertiary/aromatic N) is 3. The summed E-state index contributed by atoms with van der Waals surface area (Å²) < 4.78 is 30.8. The minimum Gasteiger partial charge on any atom is -0.465 e. The van der Waals surface area contributed by atoms with Gasteiger partial charge in [-0.1, -0.05) is 12.1 Å². The quantitative estimate of drug-likeness (QED) is 0.440. The maximum atomic E-state index is 13.0. The average Bonchev–Trinajstić information content (AvgIpc) is 2.86. The van der Waals surface area contributed by atoms with Crippen LogP contribution in [0.4, 0.5) is 20.2 Å². The molecule has 1 N–H and O–H groups in total. The highest BCUT2D eigenvalue weighted by atomic mass is 19.3. The third kappa shape index (κ3) is 6.91. The summed E-state index contributed by atoms with van der Waals surface area (Å²) in [7, 11) is 1.16. The van der Waals surface area contributed by atoms with Crippen molar-refractivity contribution in [3.8, 4) is 11.3 Å². The van der Waals surface area contributed by atoms with E-state index < -0.39 is 24.8 Å². The number of benzene rings is 1. The first-order valence-corrected chi connectivity index (χ1v) is 11.1. The molecule has 0 saturated carbocycles.